The Balaban J connectivity index is 1.73. The van der Waals surface area contributed by atoms with Gasteiger partial charge in [-0.1, -0.05) is 43.2 Å². The summed E-state index contributed by atoms with van der Waals surface area (Å²) < 4.78 is 12.9. The molecule has 4 nitrogen and oxygen atoms in total. The predicted octanol–water partition coefficient (Wildman–Crippen LogP) is 3.42. The van der Waals surface area contributed by atoms with Gasteiger partial charge in [-0.25, -0.2) is 4.39 Å². The average molecular weight is 319 g/mol. The second kappa shape index (κ2) is 7.05. The first kappa shape index (κ1) is 15.2. The van der Waals surface area contributed by atoms with Gasteiger partial charge in [0.1, 0.15) is 5.82 Å². The normalized spacial score (nSPS) is 22.1. The van der Waals surface area contributed by atoms with Gasteiger partial charge >= 0.3 is 0 Å². The molecule has 2 fully saturated rings. The fourth-order valence-corrected chi connectivity index (χ4v) is 3.47. The molecule has 1 heterocycles. The van der Waals surface area contributed by atoms with E-state index in [1.165, 1.54) is 48.2 Å². The summed E-state index contributed by atoms with van der Waals surface area (Å²) >= 11 is 1.44. The van der Waals surface area contributed by atoms with E-state index in [9.17, 15) is 9.18 Å². The monoisotopic (exact) mass is 319 g/mol. The standard InChI is InChI=1S/C16H18FN3OS/c17-13-8-6-12(7-9-13)10-18-20-15(21)11-22-16(20)19-14-4-2-1-3-5-14/h6-10,14H,1-5,11H2/b18-10-,19-16?. The number of benzene rings is 1. The topological polar surface area (TPSA) is 45.0 Å². The van der Waals surface area contributed by atoms with Crippen molar-refractivity contribution in [3.05, 3.63) is 35.6 Å². The van der Waals surface area contributed by atoms with E-state index in [2.05, 4.69) is 5.10 Å². The lowest BCUT2D eigenvalue weighted by Crippen LogP contribution is -2.25. The third-order valence-corrected chi connectivity index (χ3v) is 4.73. The quantitative estimate of drug-likeness (QED) is 0.801. The highest BCUT2D eigenvalue weighted by Crippen LogP contribution is 2.25. The van der Waals surface area contributed by atoms with Gasteiger partial charge in [0.15, 0.2) is 5.17 Å². The van der Waals surface area contributed by atoms with Crippen LogP contribution in [0.1, 0.15) is 37.7 Å². The number of amidine groups is 1. The van der Waals surface area contributed by atoms with E-state index in [1.807, 2.05) is 0 Å². The van der Waals surface area contributed by atoms with E-state index < -0.39 is 0 Å². The van der Waals surface area contributed by atoms with Crippen molar-refractivity contribution in [2.75, 3.05) is 5.75 Å². The van der Waals surface area contributed by atoms with E-state index >= 15 is 0 Å². The van der Waals surface area contributed by atoms with Crippen molar-refractivity contribution in [1.29, 1.82) is 0 Å². The van der Waals surface area contributed by atoms with E-state index in [0.717, 1.165) is 18.4 Å². The molecule has 2 aliphatic rings. The fraction of sp³-hybridized carbons (Fsp3) is 0.438. The highest BCUT2D eigenvalue weighted by molar-refractivity contribution is 8.15. The van der Waals surface area contributed by atoms with Crippen LogP contribution in [0, 0.1) is 5.82 Å². The van der Waals surface area contributed by atoms with Crippen LogP contribution in [0.2, 0.25) is 0 Å². The zero-order chi connectivity index (χ0) is 15.4. The summed E-state index contributed by atoms with van der Waals surface area (Å²) in [5.41, 5.74) is 0.753. The minimum Gasteiger partial charge on any atom is -0.271 e. The van der Waals surface area contributed by atoms with Crippen LogP contribution in [0.25, 0.3) is 0 Å². The van der Waals surface area contributed by atoms with Crippen LogP contribution in [-0.2, 0) is 4.79 Å². The number of carbonyl (C=O) groups is 1. The molecule has 0 radical (unpaired) electrons. The fourth-order valence-electron chi connectivity index (χ4n) is 2.60. The average Bonchev–Trinajstić information content (AvgIpc) is 2.88. The van der Waals surface area contributed by atoms with E-state index in [4.69, 9.17) is 4.99 Å². The molecule has 0 bridgehead atoms. The van der Waals surface area contributed by atoms with Gasteiger partial charge in [0.25, 0.3) is 5.91 Å². The number of thioether (sulfide) groups is 1. The molecule has 1 amide bonds. The summed E-state index contributed by atoms with van der Waals surface area (Å²) in [6, 6.07) is 6.32. The third-order valence-electron chi connectivity index (χ3n) is 3.80. The maximum absolute atomic E-state index is 12.9. The Hall–Kier alpha value is -1.69. The van der Waals surface area contributed by atoms with E-state index in [-0.39, 0.29) is 11.7 Å². The Morgan fingerprint density at radius 1 is 1.18 bits per heavy atom. The summed E-state index contributed by atoms with van der Waals surface area (Å²) in [5, 5.41) is 6.30. The first-order valence-electron chi connectivity index (χ1n) is 7.55. The van der Waals surface area contributed by atoms with Crippen molar-refractivity contribution in [2.45, 2.75) is 38.1 Å². The lowest BCUT2D eigenvalue weighted by atomic mass is 9.96. The van der Waals surface area contributed by atoms with Gasteiger partial charge in [0, 0.05) is 0 Å². The number of hydrogen-bond donors (Lipinski definition) is 0. The molecule has 0 unspecified atom stereocenters. The molecular weight excluding hydrogens is 301 g/mol. The Kier molecular flexibility index (Phi) is 4.87. The predicted molar refractivity (Wildman–Crippen MR) is 87.6 cm³/mol. The summed E-state index contributed by atoms with van der Waals surface area (Å²) in [4.78, 5) is 16.7. The van der Waals surface area contributed by atoms with Crippen LogP contribution in [0.5, 0.6) is 0 Å². The molecule has 1 aromatic rings. The maximum Gasteiger partial charge on any atom is 0.259 e. The number of nitrogens with zero attached hydrogens (tertiary/aromatic N) is 3. The van der Waals surface area contributed by atoms with Gasteiger partial charge in [-0.15, -0.1) is 0 Å². The molecule has 22 heavy (non-hydrogen) atoms. The molecule has 0 spiro atoms. The minimum atomic E-state index is -0.287. The number of amides is 1. The summed E-state index contributed by atoms with van der Waals surface area (Å²) in [6.45, 7) is 0. The number of halogens is 1. The first-order chi connectivity index (χ1) is 10.7. The van der Waals surface area contributed by atoms with Gasteiger partial charge < -0.3 is 0 Å². The zero-order valence-corrected chi connectivity index (χ0v) is 13.1. The number of aliphatic imine (C=N–C) groups is 1. The molecule has 0 N–H and O–H groups in total. The van der Waals surface area contributed by atoms with Gasteiger partial charge in [-0.2, -0.15) is 10.1 Å². The number of hydrogen-bond acceptors (Lipinski definition) is 4. The van der Waals surface area contributed by atoms with Crippen molar-refractivity contribution in [3.8, 4) is 0 Å². The highest BCUT2D eigenvalue weighted by Gasteiger charge is 2.29. The van der Waals surface area contributed by atoms with E-state index in [0.29, 0.717) is 17.0 Å². The Bertz CT molecular complexity index is 594. The van der Waals surface area contributed by atoms with Crippen LogP contribution in [0.3, 0.4) is 0 Å². The van der Waals surface area contributed by atoms with E-state index in [1.54, 1.807) is 18.3 Å². The Morgan fingerprint density at radius 3 is 2.64 bits per heavy atom. The number of carbonyl (C=O) groups excluding carboxylic acids is 1. The van der Waals surface area contributed by atoms with Crippen LogP contribution in [0.4, 0.5) is 4.39 Å². The van der Waals surface area contributed by atoms with Crippen molar-refractivity contribution in [2.24, 2.45) is 10.1 Å². The van der Waals surface area contributed by atoms with Crippen LogP contribution in [0.15, 0.2) is 34.4 Å². The number of rotatable bonds is 3. The zero-order valence-electron chi connectivity index (χ0n) is 12.2. The molecule has 1 saturated heterocycles. The van der Waals surface area contributed by atoms with Crippen LogP contribution in [-0.4, -0.2) is 34.1 Å². The summed E-state index contributed by atoms with van der Waals surface area (Å²) in [7, 11) is 0. The second-order valence-corrected chi connectivity index (χ2v) is 6.44. The summed E-state index contributed by atoms with van der Waals surface area (Å²) in [5.74, 6) is 0.0363. The molecule has 1 aromatic carbocycles. The lowest BCUT2D eigenvalue weighted by Gasteiger charge is -2.19. The molecule has 1 aliphatic carbocycles. The SMILES string of the molecule is O=C1CSC(=NC2CCCCC2)N1/N=C\c1ccc(F)cc1. The molecule has 0 atom stereocenters. The highest BCUT2D eigenvalue weighted by atomic mass is 32.2. The van der Waals surface area contributed by atoms with Gasteiger partial charge in [0.05, 0.1) is 18.0 Å². The maximum atomic E-state index is 12.9. The first-order valence-corrected chi connectivity index (χ1v) is 8.54. The third kappa shape index (κ3) is 3.74. The van der Waals surface area contributed by atoms with Gasteiger partial charge in [-0.05, 0) is 30.5 Å². The van der Waals surface area contributed by atoms with Crippen molar-refractivity contribution >= 4 is 29.1 Å². The van der Waals surface area contributed by atoms with Crippen molar-refractivity contribution in [1.82, 2.24) is 5.01 Å². The molecule has 1 aliphatic heterocycles. The Labute approximate surface area is 133 Å². The van der Waals surface area contributed by atoms with Crippen LogP contribution < -0.4 is 0 Å². The summed E-state index contributed by atoms with van der Waals surface area (Å²) in [6.07, 6.45) is 7.44. The molecule has 6 heteroatoms. The molecule has 3 rings (SSSR count). The molecule has 1 saturated carbocycles. The Morgan fingerprint density at radius 2 is 1.91 bits per heavy atom. The smallest absolute Gasteiger partial charge is 0.259 e. The van der Waals surface area contributed by atoms with Crippen LogP contribution >= 0.6 is 11.8 Å². The minimum absolute atomic E-state index is 0.0575. The molecular formula is C16H18FN3OS. The van der Waals surface area contributed by atoms with Crippen molar-refractivity contribution < 1.29 is 9.18 Å². The largest absolute Gasteiger partial charge is 0.271 e. The van der Waals surface area contributed by atoms with Gasteiger partial charge in [0.2, 0.25) is 0 Å². The number of hydrazone groups is 1. The van der Waals surface area contributed by atoms with Crippen molar-refractivity contribution in [3.63, 3.8) is 0 Å². The van der Waals surface area contributed by atoms with Gasteiger partial charge in [-0.3, -0.25) is 9.79 Å². The lowest BCUT2D eigenvalue weighted by molar-refractivity contribution is -0.124. The second-order valence-electron chi connectivity index (χ2n) is 5.49. The molecule has 116 valence electrons. The molecule has 0 aromatic heterocycles.